The lowest BCUT2D eigenvalue weighted by atomic mass is 10.3. The van der Waals surface area contributed by atoms with Gasteiger partial charge in [-0.3, -0.25) is 4.79 Å². The Morgan fingerprint density at radius 3 is 2.62 bits per heavy atom. The molecule has 0 atom stereocenters. The second-order valence-electron chi connectivity index (χ2n) is 3.48. The van der Waals surface area contributed by atoms with Crippen LogP contribution >= 0.6 is 15.9 Å². The van der Waals surface area contributed by atoms with Crippen molar-refractivity contribution >= 4 is 15.9 Å². The lowest BCUT2D eigenvalue weighted by Gasteiger charge is -2.09. The van der Waals surface area contributed by atoms with Crippen molar-refractivity contribution in [1.29, 1.82) is 0 Å². The van der Waals surface area contributed by atoms with Crippen LogP contribution in [0.2, 0.25) is 0 Å². The summed E-state index contributed by atoms with van der Waals surface area (Å²) in [6, 6.07) is 11.4. The van der Waals surface area contributed by atoms with Gasteiger partial charge < -0.3 is 0 Å². The third-order valence-corrected chi connectivity index (χ3v) is 2.84. The van der Waals surface area contributed by atoms with Gasteiger partial charge in [0, 0.05) is 11.8 Å². The summed E-state index contributed by atoms with van der Waals surface area (Å²) in [5.41, 5.74) is 2.29. The summed E-state index contributed by atoms with van der Waals surface area (Å²) < 4.78 is 1.78. The van der Waals surface area contributed by atoms with Gasteiger partial charge in [0.1, 0.15) is 5.69 Å². The molecule has 0 N–H and O–H groups in total. The summed E-state index contributed by atoms with van der Waals surface area (Å²) in [5.74, 6) is 0. The van der Waals surface area contributed by atoms with Gasteiger partial charge in [-0.1, -0.05) is 34.1 Å². The van der Waals surface area contributed by atoms with E-state index in [1.807, 2.05) is 37.3 Å². The lowest BCUT2D eigenvalue weighted by Crippen LogP contribution is -2.17. The fraction of sp³-hybridized carbons (Fsp3) is 0.167. The van der Waals surface area contributed by atoms with Crippen molar-refractivity contribution in [2.24, 2.45) is 0 Å². The van der Waals surface area contributed by atoms with Crippen LogP contribution in [0.3, 0.4) is 0 Å². The maximum Gasteiger partial charge on any atom is 0.204 e. The van der Waals surface area contributed by atoms with E-state index in [1.54, 1.807) is 10.7 Å². The summed E-state index contributed by atoms with van der Waals surface area (Å²) in [7, 11) is 0. The average Bonchev–Trinajstić information content (AvgIpc) is 2.30. The zero-order valence-electron chi connectivity index (χ0n) is 8.85. The second-order valence-corrected chi connectivity index (χ2v) is 4.04. The maximum atomic E-state index is 11.5. The lowest BCUT2D eigenvalue weighted by molar-refractivity contribution is 0.774. The van der Waals surface area contributed by atoms with Crippen LogP contribution in [0.5, 0.6) is 0 Å². The van der Waals surface area contributed by atoms with Gasteiger partial charge >= 0.3 is 0 Å². The Morgan fingerprint density at radius 2 is 2.00 bits per heavy atom. The van der Waals surface area contributed by atoms with Gasteiger partial charge in [0.25, 0.3) is 0 Å². The van der Waals surface area contributed by atoms with E-state index in [1.165, 1.54) is 0 Å². The fourth-order valence-electron chi connectivity index (χ4n) is 1.51. The van der Waals surface area contributed by atoms with Crippen LogP contribution in [-0.4, -0.2) is 9.78 Å². The average molecular weight is 279 g/mol. The Bertz CT molecular complexity index is 549. The highest BCUT2D eigenvalue weighted by Gasteiger charge is 2.05. The number of hydrogen-bond donors (Lipinski definition) is 0. The molecule has 1 aromatic heterocycles. The molecular formula is C12H11BrN2O. The molecule has 0 aliphatic carbocycles. The van der Waals surface area contributed by atoms with Crippen molar-refractivity contribution in [1.82, 2.24) is 9.78 Å². The Kier molecular flexibility index (Phi) is 3.19. The first kappa shape index (κ1) is 11.1. The molecule has 82 valence electrons. The van der Waals surface area contributed by atoms with E-state index in [4.69, 9.17) is 0 Å². The molecule has 0 radical (unpaired) electrons. The van der Waals surface area contributed by atoms with Crippen LogP contribution < -0.4 is 5.43 Å². The normalized spacial score (nSPS) is 10.4. The van der Waals surface area contributed by atoms with Gasteiger partial charge in [-0.2, -0.15) is 5.10 Å². The molecule has 0 amide bonds. The summed E-state index contributed by atoms with van der Waals surface area (Å²) in [6.07, 6.45) is 0. The first-order valence-electron chi connectivity index (χ1n) is 4.93. The van der Waals surface area contributed by atoms with Crippen molar-refractivity contribution in [3.8, 4) is 5.69 Å². The molecule has 2 aromatic rings. The van der Waals surface area contributed by atoms with Crippen LogP contribution in [0.15, 0.2) is 41.2 Å². The van der Waals surface area contributed by atoms with Gasteiger partial charge in [0.05, 0.1) is 11.0 Å². The van der Waals surface area contributed by atoms with Crippen LogP contribution in [0.25, 0.3) is 5.69 Å². The molecule has 0 bridgehead atoms. The minimum Gasteiger partial charge on any atom is -0.288 e. The number of nitrogens with zero attached hydrogens (tertiary/aromatic N) is 2. The Labute approximate surface area is 102 Å². The predicted octanol–water partition coefficient (Wildman–Crippen LogP) is 2.44. The number of para-hydroxylation sites is 1. The second kappa shape index (κ2) is 4.61. The van der Waals surface area contributed by atoms with Crippen molar-refractivity contribution in [3.63, 3.8) is 0 Å². The quantitative estimate of drug-likeness (QED) is 0.791. The van der Waals surface area contributed by atoms with Crippen LogP contribution in [0.4, 0.5) is 0 Å². The fourth-order valence-corrected chi connectivity index (χ4v) is 1.89. The maximum absolute atomic E-state index is 11.5. The molecule has 0 spiro atoms. The molecule has 2 rings (SSSR count). The zero-order valence-corrected chi connectivity index (χ0v) is 10.4. The Balaban J connectivity index is 2.62. The van der Waals surface area contributed by atoms with Gasteiger partial charge in [0.15, 0.2) is 0 Å². The van der Waals surface area contributed by atoms with Crippen molar-refractivity contribution in [2.75, 3.05) is 0 Å². The highest BCUT2D eigenvalue weighted by Crippen LogP contribution is 2.08. The number of alkyl halides is 1. The van der Waals surface area contributed by atoms with Gasteiger partial charge in [-0.05, 0) is 19.1 Å². The number of hydrogen-bond acceptors (Lipinski definition) is 2. The summed E-state index contributed by atoms with van der Waals surface area (Å²) >= 11 is 3.26. The van der Waals surface area contributed by atoms with E-state index in [0.717, 1.165) is 11.4 Å². The minimum atomic E-state index is -0.0263. The molecular weight excluding hydrogens is 268 g/mol. The SMILES string of the molecule is Cc1cc(=O)c(CBr)nn1-c1ccccc1. The number of aromatic nitrogens is 2. The van der Waals surface area contributed by atoms with E-state index >= 15 is 0 Å². The van der Waals surface area contributed by atoms with Gasteiger partial charge in [-0.15, -0.1) is 0 Å². The molecule has 4 heteroatoms. The van der Waals surface area contributed by atoms with E-state index in [0.29, 0.717) is 11.0 Å². The molecule has 0 unspecified atom stereocenters. The van der Waals surface area contributed by atoms with Crippen molar-refractivity contribution in [3.05, 3.63) is 58.0 Å². The summed E-state index contributed by atoms with van der Waals surface area (Å²) in [5, 5.41) is 4.79. The number of aryl methyl sites for hydroxylation is 1. The number of rotatable bonds is 2. The smallest absolute Gasteiger partial charge is 0.204 e. The standard InChI is InChI=1S/C12H11BrN2O/c1-9-7-12(16)11(8-13)14-15(9)10-5-3-2-4-6-10/h2-7H,8H2,1H3. The summed E-state index contributed by atoms with van der Waals surface area (Å²) in [6.45, 7) is 1.87. The van der Waals surface area contributed by atoms with E-state index in [9.17, 15) is 4.79 Å². The van der Waals surface area contributed by atoms with Gasteiger partial charge in [0.2, 0.25) is 5.43 Å². The largest absolute Gasteiger partial charge is 0.288 e. The number of benzene rings is 1. The van der Waals surface area contributed by atoms with Crippen LogP contribution in [0, 0.1) is 6.92 Å². The highest BCUT2D eigenvalue weighted by molar-refractivity contribution is 9.08. The first-order chi connectivity index (χ1) is 7.72. The Morgan fingerprint density at radius 1 is 1.31 bits per heavy atom. The first-order valence-corrected chi connectivity index (χ1v) is 6.06. The zero-order chi connectivity index (χ0) is 11.5. The molecule has 0 aliphatic rings. The van der Waals surface area contributed by atoms with E-state index < -0.39 is 0 Å². The van der Waals surface area contributed by atoms with E-state index in [2.05, 4.69) is 21.0 Å². The monoisotopic (exact) mass is 278 g/mol. The van der Waals surface area contributed by atoms with Crippen molar-refractivity contribution in [2.45, 2.75) is 12.3 Å². The predicted molar refractivity (Wildman–Crippen MR) is 67.2 cm³/mol. The molecule has 16 heavy (non-hydrogen) atoms. The minimum absolute atomic E-state index is 0.0263. The molecule has 1 aromatic carbocycles. The number of halogens is 1. The van der Waals surface area contributed by atoms with Crippen LogP contribution in [-0.2, 0) is 5.33 Å². The molecule has 0 saturated heterocycles. The molecule has 0 saturated carbocycles. The van der Waals surface area contributed by atoms with Gasteiger partial charge in [-0.25, -0.2) is 4.68 Å². The van der Waals surface area contributed by atoms with Crippen LogP contribution in [0.1, 0.15) is 11.4 Å². The molecule has 1 heterocycles. The molecule has 0 fully saturated rings. The third-order valence-electron chi connectivity index (χ3n) is 2.31. The summed E-state index contributed by atoms with van der Waals surface area (Å²) in [4.78, 5) is 11.5. The topological polar surface area (TPSA) is 34.9 Å². The Hall–Kier alpha value is -1.42. The molecule has 3 nitrogen and oxygen atoms in total. The third kappa shape index (κ3) is 2.07. The van der Waals surface area contributed by atoms with E-state index in [-0.39, 0.29) is 5.43 Å². The highest BCUT2D eigenvalue weighted by atomic mass is 79.9. The van der Waals surface area contributed by atoms with Crippen molar-refractivity contribution < 1.29 is 0 Å². The molecule has 0 aliphatic heterocycles.